The summed E-state index contributed by atoms with van der Waals surface area (Å²) in [4.78, 5) is 31.9. The lowest BCUT2D eigenvalue weighted by atomic mass is 9.92. The number of piperidine rings is 1. The molecular formula is C27H30ClFN4O2. The van der Waals surface area contributed by atoms with Crippen LogP contribution in [0.1, 0.15) is 38.7 Å². The SMILES string of the molecule is Cc1cc(N2C[C@H](C)C[C@H](C)C2)nc2ccc(NC(=O)CCC(=O)Nc3ccc(F)cc3Cl)cc12. The molecule has 2 N–H and O–H groups in total. The van der Waals surface area contributed by atoms with E-state index >= 15 is 0 Å². The van der Waals surface area contributed by atoms with E-state index in [1.54, 1.807) is 0 Å². The van der Waals surface area contributed by atoms with Gasteiger partial charge in [-0.1, -0.05) is 25.4 Å². The van der Waals surface area contributed by atoms with Gasteiger partial charge in [0, 0.05) is 37.0 Å². The molecule has 1 saturated heterocycles. The van der Waals surface area contributed by atoms with Crippen molar-refractivity contribution < 1.29 is 14.0 Å². The second kappa shape index (κ2) is 10.6. The summed E-state index contributed by atoms with van der Waals surface area (Å²) in [5.74, 6) is 1.15. The van der Waals surface area contributed by atoms with Crippen molar-refractivity contribution in [3.63, 3.8) is 0 Å². The molecule has 2 atom stereocenters. The molecule has 2 aromatic carbocycles. The second-order valence-electron chi connectivity index (χ2n) is 9.60. The summed E-state index contributed by atoms with van der Waals surface area (Å²) in [7, 11) is 0. The Morgan fingerprint density at radius 2 is 1.71 bits per heavy atom. The van der Waals surface area contributed by atoms with Crippen LogP contribution in [-0.4, -0.2) is 29.9 Å². The number of carbonyl (C=O) groups is 2. The molecule has 0 radical (unpaired) electrons. The number of fused-ring (bicyclic) bond motifs is 1. The Balaban J connectivity index is 1.37. The van der Waals surface area contributed by atoms with Crippen LogP contribution in [0.2, 0.25) is 5.02 Å². The van der Waals surface area contributed by atoms with Crippen molar-refractivity contribution in [1.29, 1.82) is 0 Å². The fourth-order valence-corrected chi connectivity index (χ4v) is 4.93. The number of halogens is 2. The molecule has 0 bridgehead atoms. The lowest BCUT2D eigenvalue weighted by Gasteiger charge is -2.36. The van der Waals surface area contributed by atoms with E-state index < -0.39 is 5.82 Å². The average Bonchev–Trinajstić information content (AvgIpc) is 2.79. The minimum absolute atomic E-state index is 0.00415. The van der Waals surface area contributed by atoms with E-state index in [4.69, 9.17) is 16.6 Å². The normalized spacial score (nSPS) is 17.9. The molecule has 0 aliphatic carbocycles. The number of hydrogen-bond donors (Lipinski definition) is 2. The highest BCUT2D eigenvalue weighted by molar-refractivity contribution is 6.33. The number of carbonyl (C=O) groups excluding carboxylic acids is 2. The molecule has 0 spiro atoms. The maximum atomic E-state index is 13.1. The summed E-state index contributed by atoms with van der Waals surface area (Å²) >= 11 is 5.93. The number of amides is 2. The molecule has 2 amide bonds. The molecular weight excluding hydrogens is 467 g/mol. The monoisotopic (exact) mass is 496 g/mol. The minimum Gasteiger partial charge on any atom is -0.356 e. The molecule has 184 valence electrons. The molecule has 1 fully saturated rings. The minimum atomic E-state index is -0.486. The largest absolute Gasteiger partial charge is 0.356 e. The van der Waals surface area contributed by atoms with Gasteiger partial charge in [-0.25, -0.2) is 9.37 Å². The van der Waals surface area contributed by atoms with Crippen molar-refractivity contribution in [3.05, 3.63) is 58.9 Å². The summed E-state index contributed by atoms with van der Waals surface area (Å²) < 4.78 is 13.1. The lowest BCUT2D eigenvalue weighted by molar-refractivity contribution is -0.121. The maximum absolute atomic E-state index is 13.1. The number of benzene rings is 2. The first-order valence-electron chi connectivity index (χ1n) is 11.9. The van der Waals surface area contributed by atoms with Gasteiger partial charge in [0.15, 0.2) is 0 Å². The molecule has 4 rings (SSSR count). The average molecular weight is 497 g/mol. The first kappa shape index (κ1) is 24.9. The van der Waals surface area contributed by atoms with Crippen LogP contribution < -0.4 is 15.5 Å². The van der Waals surface area contributed by atoms with Gasteiger partial charge in [0.25, 0.3) is 0 Å². The van der Waals surface area contributed by atoms with Gasteiger partial charge in [-0.15, -0.1) is 0 Å². The van der Waals surface area contributed by atoms with Crippen molar-refractivity contribution in [2.24, 2.45) is 11.8 Å². The van der Waals surface area contributed by atoms with Crippen molar-refractivity contribution >= 4 is 51.5 Å². The first-order valence-corrected chi connectivity index (χ1v) is 12.3. The summed E-state index contributed by atoms with van der Waals surface area (Å²) in [6.45, 7) is 8.65. The van der Waals surface area contributed by atoms with Gasteiger partial charge in [0.1, 0.15) is 11.6 Å². The summed E-state index contributed by atoms with van der Waals surface area (Å²) in [6.07, 6.45) is 1.22. The molecule has 8 heteroatoms. The molecule has 0 saturated carbocycles. The Kier molecular flexibility index (Phi) is 7.55. The summed E-state index contributed by atoms with van der Waals surface area (Å²) in [6, 6.07) is 11.5. The highest BCUT2D eigenvalue weighted by Crippen LogP contribution is 2.29. The highest BCUT2D eigenvalue weighted by atomic mass is 35.5. The predicted octanol–water partition coefficient (Wildman–Crippen LogP) is 6.18. The van der Waals surface area contributed by atoms with E-state index in [2.05, 4.69) is 42.4 Å². The van der Waals surface area contributed by atoms with E-state index in [-0.39, 0.29) is 29.7 Å². The molecule has 1 aliphatic heterocycles. The zero-order valence-electron chi connectivity index (χ0n) is 20.2. The van der Waals surface area contributed by atoms with Crippen molar-refractivity contribution in [2.45, 2.75) is 40.0 Å². The standard InChI is InChI=1S/C27H30ClFN4O2/c1-16-10-17(2)15-33(14-16)25-11-18(3)21-13-20(5-7-23(21)31-25)30-26(34)8-9-27(35)32-24-6-4-19(29)12-22(24)28/h4-7,11-13,16-17H,8-10,14-15H2,1-3H3,(H,30,34)(H,32,35)/t16-,17+. The van der Waals surface area contributed by atoms with Gasteiger partial charge >= 0.3 is 0 Å². The number of rotatable bonds is 6. The van der Waals surface area contributed by atoms with Crippen LogP contribution >= 0.6 is 11.6 Å². The second-order valence-corrected chi connectivity index (χ2v) is 10.0. The van der Waals surface area contributed by atoms with Gasteiger partial charge in [-0.2, -0.15) is 0 Å². The Labute approximate surface area is 209 Å². The van der Waals surface area contributed by atoms with Gasteiger partial charge in [-0.05, 0) is 73.2 Å². The predicted molar refractivity (Wildman–Crippen MR) is 140 cm³/mol. The lowest BCUT2D eigenvalue weighted by Crippen LogP contribution is -2.39. The molecule has 3 aromatic rings. The Morgan fingerprint density at radius 1 is 1.03 bits per heavy atom. The van der Waals surface area contributed by atoms with E-state index in [0.717, 1.165) is 41.4 Å². The number of hydrogen-bond acceptors (Lipinski definition) is 4. The molecule has 2 heterocycles. The van der Waals surface area contributed by atoms with Crippen LogP contribution in [0.4, 0.5) is 21.6 Å². The van der Waals surface area contributed by atoms with Crippen LogP contribution in [0.5, 0.6) is 0 Å². The molecule has 0 unspecified atom stereocenters. The summed E-state index contributed by atoms with van der Waals surface area (Å²) in [5.41, 5.74) is 2.95. The number of anilines is 3. The smallest absolute Gasteiger partial charge is 0.224 e. The zero-order valence-corrected chi connectivity index (χ0v) is 21.0. The van der Waals surface area contributed by atoms with E-state index in [1.165, 1.54) is 18.6 Å². The Bertz CT molecular complexity index is 1260. The van der Waals surface area contributed by atoms with Gasteiger partial charge in [0.05, 0.1) is 16.2 Å². The third-order valence-corrected chi connectivity index (χ3v) is 6.58. The van der Waals surface area contributed by atoms with Crippen molar-refractivity contribution in [2.75, 3.05) is 28.6 Å². The Hall–Kier alpha value is -3.19. The van der Waals surface area contributed by atoms with Crippen molar-refractivity contribution in [1.82, 2.24) is 4.98 Å². The fourth-order valence-electron chi connectivity index (χ4n) is 4.72. The van der Waals surface area contributed by atoms with Crippen molar-refractivity contribution in [3.8, 4) is 0 Å². The third kappa shape index (κ3) is 6.28. The number of nitrogens with one attached hydrogen (secondary N) is 2. The number of nitrogens with zero attached hydrogens (tertiary/aromatic N) is 2. The Morgan fingerprint density at radius 3 is 2.40 bits per heavy atom. The van der Waals surface area contributed by atoms with Crippen LogP contribution in [0.25, 0.3) is 10.9 Å². The molecule has 6 nitrogen and oxygen atoms in total. The maximum Gasteiger partial charge on any atom is 0.224 e. The van der Waals surface area contributed by atoms with Gasteiger partial charge in [0.2, 0.25) is 11.8 Å². The fraction of sp³-hybridized carbons (Fsp3) is 0.370. The van der Waals surface area contributed by atoms with Gasteiger partial charge < -0.3 is 15.5 Å². The quantitative estimate of drug-likeness (QED) is 0.427. The molecule has 1 aromatic heterocycles. The van der Waals surface area contributed by atoms with Gasteiger partial charge in [-0.3, -0.25) is 9.59 Å². The van der Waals surface area contributed by atoms with Crippen LogP contribution in [0.15, 0.2) is 42.5 Å². The number of aromatic nitrogens is 1. The van der Waals surface area contributed by atoms with Crippen LogP contribution in [0, 0.1) is 24.6 Å². The molecule has 1 aliphatic rings. The molecule has 35 heavy (non-hydrogen) atoms. The van der Waals surface area contributed by atoms with E-state index in [0.29, 0.717) is 23.2 Å². The number of pyridine rings is 1. The summed E-state index contributed by atoms with van der Waals surface area (Å²) in [5, 5.41) is 6.54. The first-order chi connectivity index (χ1) is 16.7. The highest BCUT2D eigenvalue weighted by Gasteiger charge is 2.23. The van der Waals surface area contributed by atoms with E-state index in [9.17, 15) is 14.0 Å². The number of aryl methyl sites for hydroxylation is 1. The van der Waals surface area contributed by atoms with Crippen LogP contribution in [0.3, 0.4) is 0 Å². The topological polar surface area (TPSA) is 74.3 Å². The zero-order chi connectivity index (χ0) is 25.1. The third-order valence-electron chi connectivity index (χ3n) is 6.26. The van der Waals surface area contributed by atoms with E-state index in [1.807, 2.05) is 18.2 Å². The van der Waals surface area contributed by atoms with Crippen LogP contribution in [-0.2, 0) is 9.59 Å².